The highest BCUT2D eigenvalue weighted by molar-refractivity contribution is 9.10. The van der Waals surface area contributed by atoms with Gasteiger partial charge in [-0.25, -0.2) is 5.43 Å². The Balaban J connectivity index is 2.49. The highest BCUT2D eigenvalue weighted by atomic mass is 79.9. The molecular formula is C12H13BrCl2N4. The van der Waals surface area contributed by atoms with Gasteiger partial charge in [-0.1, -0.05) is 29.3 Å². The van der Waals surface area contributed by atoms with Gasteiger partial charge in [0.25, 0.3) is 0 Å². The fraction of sp³-hybridized carbons (Fsp3) is 0.250. The number of nitrogens with one attached hydrogen (secondary N) is 1. The Morgan fingerprint density at radius 1 is 1.42 bits per heavy atom. The van der Waals surface area contributed by atoms with E-state index >= 15 is 0 Å². The molecule has 0 radical (unpaired) electrons. The standard InChI is InChI=1S/C12H13BrCl2N4/c1-2-19-12(8(13)6-17-19)11(18-16)7-3-4-9(14)10(15)5-7/h3-6,11,18H,2,16H2,1H3. The van der Waals surface area contributed by atoms with Crippen molar-refractivity contribution in [1.29, 1.82) is 0 Å². The summed E-state index contributed by atoms with van der Waals surface area (Å²) in [4.78, 5) is 0. The van der Waals surface area contributed by atoms with Crippen molar-refractivity contribution < 1.29 is 0 Å². The van der Waals surface area contributed by atoms with Gasteiger partial charge in [0.1, 0.15) is 0 Å². The van der Waals surface area contributed by atoms with E-state index in [9.17, 15) is 0 Å². The van der Waals surface area contributed by atoms with Crippen LogP contribution < -0.4 is 11.3 Å². The van der Waals surface area contributed by atoms with Gasteiger partial charge in [0.2, 0.25) is 0 Å². The second-order valence-corrected chi connectivity index (χ2v) is 5.64. The van der Waals surface area contributed by atoms with E-state index in [2.05, 4.69) is 26.5 Å². The van der Waals surface area contributed by atoms with Gasteiger partial charge in [-0.15, -0.1) is 0 Å². The number of aryl methyl sites for hydroxylation is 1. The lowest BCUT2D eigenvalue weighted by molar-refractivity contribution is 0.542. The Morgan fingerprint density at radius 3 is 2.74 bits per heavy atom. The van der Waals surface area contributed by atoms with Crippen LogP contribution in [0.4, 0.5) is 0 Å². The predicted octanol–water partition coefficient (Wildman–Crippen LogP) is 3.53. The molecule has 0 saturated heterocycles. The third kappa shape index (κ3) is 2.95. The summed E-state index contributed by atoms with van der Waals surface area (Å²) in [6.07, 6.45) is 1.75. The molecule has 2 aromatic rings. The summed E-state index contributed by atoms with van der Waals surface area (Å²) in [6.45, 7) is 2.77. The molecule has 0 aliphatic heterocycles. The van der Waals surface area contributed by atoms with Crippen LogP contribution in [0.25, 0.3) is 0 Å². The fourth-order valence-electron chi connectivity index (χ4n) is 1.94. The number of nitrogens with two attached hydrogens (primary N) is 1. The summed E-state index contributed by atoms with van der Waals surface area (Å²) < 4.78 is 2.76. The van der Waals surface area contributed by atoms with Crippen molar-refractivity contribution in [3.8, 4) is 0 Å². The molecule has 1 aromatic carbocycles. The van der Waals surface area contributed by atoms with E-state index < -0.39 is 0 Å². The number of nitrogens with zero attached hydrogens (tertiary/aromatic N) is 2. The van der Waals surface area contributed by atoms with E-state index in [-0.39, 0.29) is 6.04 Å². The molecule has 1 aromatic heterocycles. The van der Waals surface area contributed by atoms with Crippen LogP contribution in [0.1, 0.15) is 24.2 Å². The van der Waals surface area contributed by atoms with E-state index in [1.54, 1.807) is 18.3 Å². The van der Waals surface area contributed by atoms with Crippen LogP contribution in [0.2, 0.25) is 10.0 Å². The number of rotatable bonds is 4. The normalized spacial score (nSPS) is 12.7. The van der Waals surface area contributed by atoms with E-state index in [4.69, 9.17) is 29.0 Å². The first-order valence-electron chi connectivity index (χ1n) is 5.70. The Bertz CT molecular complexity index is 585. The lowest BCUT2D eigenvalue weighted by atomic mass is 10.0. The maximum atomic E-state index is 6.06. The third-order valence-electron chi connectivity index (χ3n) is 2.85. The van der Waals surface area contributed by atoms with Crippen LogP contribution in [0.3, 0.4) is 0 Å². The quantitative estimate of drug-likeness (QED) is 0.645. The second-order valence-electron chi connectivity index (χ2n) is 3.97. The monoisotopic (exact) mass is 362 g/mol. The molecule has 7 heteroatoms. The maximum Gasteiger partial charge on any atom is 0.0890 e. The Morgan fingerprint density at radius 2 is 2.16 bits per heavy atom. The number of benzene rings is 1. The van der Waals surface area contributed by atoms with Crippen LogP contribution in [0.15, 0.2) is 28.9 Å². The molecule has 0 spiro atoms. The smallest absolute Gasteiger partial charge is 0.0890 e. The van der Waals surface area contributed by atoms with Crippen LogP contribution in [0.5, 0.6) is 0 Å². The molecule has 3 N–H and O–H groups in total. The van der Waals surface area contributed by atoms with Gasteiger partial charge >= 0.3 is 0 Å². The van der Waals surface area contributed by atoms with E-state index in [1.165, 1.54) is 0 Å². The molecule has 0 saturated carbocycles. The summed E-state index contributed by atoms with van der Waals surface area (Å²) in [5, 5.41) is 5.30. The molecule has 0 aliphatic carbocycles. The van der Waals surface area contributed by atoms with Crippen molar-refractivity contribution in [2.45, 2.75) is 19.5 Å². The van der Waals surface area contributed by atoms with Crippen LogP contribution in [0, 0.1) is 0 Å². The van der Waals surface area contributed by atoms with E-state index in [1.807, 2.05) is 17.7 Å². The number of hydrogen-bond acceptors (Lipinski definition) is 3. The molecule has 1 unspecified atom stereocenters. The van der Waals surface area contributed by atoms with Crippen molar-refractivity contribution in [3.63, 3.8) is 0 Å². The summed E-state index contributed by atoms with van der Waals surface area (Å²) in [7, 11) is 0. The molecule has 0 aliphatic rings. The molecule has 0 bridgehead atoms. The van der Waals surface area contributed by atoms with Crippen molar-refractivity contribution >= 4 is 39.1 Å². The Hall–Kier alpha value is -0.590. The first-order valence-corrected chi connectivity index (χ1v) is 7.25. The van der Waals surface area contributed by atoms with Gasteiger partial charge in [0.15, 0.2) is 0 Å². The molecule has 4 nitrogen and oxygen atoms in total. The number of hydrogen-bond donors (Lipinski definition) is 2. The first-order chi connectivity index (χ1) is 9.08. The van der Waals surface area contributed by atoms with Gasteiger partial charge in [0, 0.05) is 6.54 Å². The fourth-order valence-corrected chi connectivity index (χ4v) is 2.77. The largest absolute Gasteiger partial charge is 0.271 e. The average Bonchev–Trinajstić information content (AvgIpc) is 2.76. The molecule has 0 amide bonds. The van der Waals surface area contributed by atoms with Gasteiger partial charge < -0.3 is 0 Å². The molecular weight excluding hydrogens is 351 g/mol. The third-order valence-corrected chi connectivity index (χ3v) is 4.20. The zero-order valence-electron chi connectivity index (χ0n) is 10.2. The second kappa shape index (κ2) is 6.24. The van der Waals surface area contributed by atoms with E-state index in [0.29, 0.717) is 10.0 Å². The molecule has 19 heavy (non-hydrogen) atoms. The zero-order valence-corrected chi connectivity index (χ0v) is 13.3. The number of halogens is 3. The highest BCUT2D eigenvalue weighted by Gasteiger charge is 2.21. The maximum absolute atomic E-state index is 6.06. The lowest BCUT2D eigenvalue weighted by Gasteiger charge is -2.19. The van der Waals surface area contributed by atoms with Gasteiger partial charge in [-0.05, 0) is 40.5 Å². The summed E-state index contributed by atoms with van der Waals surface area (Å²) in [6, 6.07) is 5.22. The molecule has 1 atom stereocenters. The number of hydrazine groups is 1. The van der Waals surface area contributed by atoms with Crippen molar-refractivity contribution in [2.75, 3.05) is 0 Å². The minimum absolute atomic E-state index is 0.216. The van der Waals surface area contributed by atoms with Crippen LogP contribution >= 0.6 is 39.1 Å². The topological polar surface area (TPSA) is 55.9 Å². The van der Waals surface area contributed by atoms with Crippen LogP contribution in [-0.2, 0) is 6.54 Å². The highest BCUT2D eigenvalue weighted by Crippen LogP contribution is 2.31. The molecule has 0 fully saturated rings. The van der Waals surface area contributed by atoms with Gasteiger partial charge in [0.05, 0.1) is 32.5 Å². The first kappa shape index (κ1) is 14.8. The zero-order chi connectivity index (χ0) is 14.0. The Kier molecular flexibility index (Phi) is 4.86. The Labute approximate surface area is 130 Å². The summed E-state index contributed by atoms with van der Waals surface area (Å²) >= 11 is 15.5. The minimum Gasteiger partial charge on any atom is -0.271 e. The van der Waals surface area contributed by atoms with Crippen molar-refractivity contribution in [1.82, 2.24) is 15.2 Å². The van der Waals surface area contributed by atoms with E-state index in [0.717, 1.165) is 22.3 Å². The summed E-state index contributed by atoms with van der Waals surface area (Å²) in [5.41, 5.74) is 4.66. The molecule has 1 heterocycles. The van der Waals surface area contributed by atoms with Crippen molar-refractivity contribution in [3.05, 3.63) is 50.2 Å². The predicted molar refractivity (Wildman–Crippen MR) is 81.2 cm³/mol. The molecule has 2 rings (SSSR count). The lowest BCUT2D eigenvalue weighted by Crippen LogP contribution is -2.31. The summed E-state index contributed by atoms with van der Waals surface area (Å²) in [5.74, 6) is 5.69. The minimum atomic E-state index is -0.216. The molecule has 102 valence electrons. The SMILES string of the molecule is CCn1ncc(Br)c1C(NN)c1ccc(Cl)c(Cl)c1. The van der Waals surface area contributed by atoms with Gasteiger partial charge in [-0.3, -0.25) is 10.5 Å². The van der Waals surface area contributed by atoms with Crippen molar-refractivity contribution in [2.24, 2.45) is 5.84 Å². The average molecular weight is 364 g/mol. The van der Waals surface area contributed by atoms with Gasteiger partial charge in [-0.2, -0.15) is 5.10 Å². The number of aromatic nitrogens is 2. The van der Waals surface area contributed by atoms with Crippen LogP contribution in [-0.4, -0.2) is 9.78 Å².